The van der Waals surface area contributed by atoms with Gasteiger partial charge in [-0.25, -0.2) is 0 Å². The summed E-state index contributed by atoms with van der Waals surface area (Å²) in [5.74, 6) is 0. The Bertz CT molecular complexity index is 565. The van der Waals surface area contributed by atoms with Gasteiger partial charge in [-0.2, -0.15) is 0 Å². The molecule has 0 fully saturated rings. The number of rotatable bonds is 0. The number of allylic oxidation sites excluding steroid dienone is 2. The van der Waals surface area contributed by atoms with Crippen LogP contribution in [0.25, 0.3) is 22.9 Å². The number of nitrogens with zero attached hydrogens (tertiary/aromatic N) is 1. The highest BCUT2D eigenvalue weighted by Crippen LogP contribution is 2.24. The molecule has 72 valence electrons. The summed E-state index contributed by atoms with van der Waals surface area (Å²) in [4.78, 5) is 4.47. The number of hydrogen-bond acceptors (Lipinski definition) is 1. The maximum Gasteiger partial charge on any atom is 0.0705 e. The van der Waals surface area contributed by atoms with Crippen LogP contribution < -0.4 is 0 Å². The zero-order valence-electron chi connectivity index (χ0n) is 8.35. The van der Waals surface area contributed by atoms with E-state index >= 15 is 0 Å². The van der Waals surface area contributed by atoms with Gasteiger partial charge in [0.2, 0.25) is 0 Å². The van der Waals surface area contributed by atoms with Crippen LogP contribution in [-0.2, 0) is 0 Å². The molecule has 0 aliphatic heterocycles. The monoisotopic (exact) mass is 193 g/mol. The fourth-order valence-electron chi connectivity index (χ4n) is 1.95. The van der Waals surface area contributed by atoms with Crippen molar-refractivity contribution in [3.63, 3.8) is 0 Å². The largest absolute Gasteiger partial charge is 0.256 e. The SMILES string of the molecule is C1=Cc2ncc3ccccc3c2C=CC1. The van der Waals surface area contributed by atoms with Crippen molar-refractivity contribution in [1.82, 2.24) is 4.98 Å². The smallest absolute Gasteiger partial charge is 0.0705 e. The summed E-state index contributed by atoms with van der Waals surface area (Å²) in [5, 5.41) is 2.49. The second-order valence-electron chi connectivity index (χ2n) is 3.68. The first-order valence-corrected chi connectivity index (χ1v) is 5.16. The van der Waals surface area contributed by atoms with Gasteiger partial charge in [0.05, 0.1) is 5.69 Å². The molecule has 0 N–H and O–H groups in total. The zero-order chi connectivity index (χ0) is 10.1. The number of pyridine rings is 1. The van der Waals surface area contributed by atoms with E-state index in [9.17, 15) is 0 Å². The number of fused-ring (bicyclic) bond motifs is 3. The Labute approximate surface area is 88.8 Å². The predicted octanol–water partition coefficient (Wildman–Crippen LogP) is 3.66. The summed E-state index contributed by atoms with van der Waals surface area (Å²) in [6.07, 6.45) is 11.5. The molecule has 0 bridgehead atoms. The molecular weight excluding hydrogens is 182 g/mol. The summed E-state index contributed by atoms with van der Waals surface area (Å²) in [6.45, 7) is 0. The zero-order valence-corrected chi connectivity index (χ0v) is 8.35. The van der Waals surface area contributed by atoms with E-state index in [0.717, 1.165) is 12.1 Å². The van der Waals surface area contributed by atoms with E-state index in [4.69, 9.17) is 0 Å². The van der Waals surface area contributed by atoms with Gasteiger partial charge in [0.25, 0.3) is 0 Å². The maximum absolute atomic E-state index is 4.47. The van der Waals surface area contributed by atoms with Crippen LogP contribution in [0.2, 0.25) is 0 Å². The third kappa shape index (κ3) is 1.37. The van der Waals surface area contributed by atoms with Gasteiger partial charge >= 0.3 is 0 Å². The summed E-state index contributed by atoms with van der Waals surface area (Å²) in [7, 11) is 0. The van der Waals surface area contributed by atoms with Crippen molar-refractivity contribution < 1.29 is 0 Å². The van der Waals surface area contributed by atoms with Crippen LogP contribution >= 0.6 is 0 Å². The number of aromatic nitrogens is 1. The molecule has 1 heterocycles. The van der Waals surface area contributed by atoms with Crippen molar-refractivity contribution in [3.05, 3.63) is 53.9 Å². The molecule has 1 nitrogen and oxygen atoms in total. The van der Waals surface area contributed by atoms with Gasteiger partial charge in [-0.05, 0) is 17.9 Å². The molecule has 1 heteroatoms. The lowest BCUT2D eigenvalue weighted by Crippen LogP contribution is -1.87. The lowest BCUT2D eigenvalue weighted by Gasteiger charge is -2.04. The van der Waals surface area contributed by atoms with E-state index in [2.05, 4.69) is 47.5 Å². The Morgan fingerprint density at radius 2 is 1.87 bits per heavy atom. The van der Waals surface area contributed by atoms with Gasteiger partial charge in [-0.1, -0.05) is 42.5 Å². The average Bonchev–Trinajstić information content (AvgIpc) is 2.54. The highest BCUT2D eigenvalue weighted by Gasteiger charge is 2.04. The van der Waals surface area contributed by atoms with E-state index in [1.54, 1.807) is 0 Å². The van der Waals surface area contributed by atoms with Gasteiger partial charge in [0.1, 0.15) is 0 Å². The molecule has 0 atom stereocenters. The van der Waals surface area contributed by atoms with Gasteiger partial charge in [0, 0.05) is 17.1 Å². The summed E-state index contributed by atoms with van der Waals surface area (Å²) < 4.78 is 0. The summed E-state index contributed by atoms with van der Waals surface area (Å²) in [5.41, 5.74) is 2.31. The first kappa shape index (κ1) is 8.42. The van der Waals surface area contributed by atoms with Crippen molar-refractivity contribution in [1.29, 1.82) is 0 Å². The number of benzene rings is 1. The van der Waals surface area contributed by atoms with E-state index in [0.29, 0.717) is 0 Å². The van der Waals surface area contributed by atoms with Crippen molar-refractivity contribution in [2.24, 2.45) is 0 Å². The van der Waals surface area contributed by atoms with E-state index in [1.165, 1.54) is 16.3 Å². The van der Waals surface area contributed by atoms with Crippen LogP contribution in [0.4, 0.5) is 0 Å². The third-order valence-electron chi connectivity index (χ3n) is 2.70. The first-order chi connectivity index (χ1) is 7.45. The summed E-state index contributed by atoms with van der Waals surface area (Å²) in [6, 6.07) is 8.38. The molecule has 0 unspecified atom stereocenters. The van der Waals surface area contributed by atoms with Crippen LogP contribution in [0.1, 0.15) is 17.7 Å². The molecule has 15 heavy (non-hydrogen) atoms. The average molecular weight is 193 g/mol. The van der Waals surface area contributed by atoms with Gasteiger partial charge in [0.15, 0.2) is 0 Å². The molecule has 0 saturated carbocycles. The van der Waals surface area contributed by atoms with E-state index < -0.39 is 0 Å². The van der Waals surface area contributed by atoms with Crippen molar-refractivity contribution in [2.75, 3.05) is 0 Å². The van der Waals surface area contributed by atoms with Crippen LogP contribution in [0.5, 0.6) is 0 Å². The third-order valence-corrected chi connectivity index (χ3v) is 2.70. The Hall–Kier alpha value is -1.89. The predicted molar refractivity (Wildman–Crippen MR) is 64.4 cm³/mol. The molecule has 1 aromatic carbocycles. The fourth-order valence-corrected chi connectivity index (χ4v) is 1.95. The van der Waals surface area contributed by atoms with Crippen molar-refractivity contribution in [3.8, 4) is 0 Å². The first-order valence-electron chi connectivity index (χ1n) is 5.16. The molecule has 0 saturated heterocycles. The lowest BCUT2D eigenvalue weighted by atomic mass is 10.0. The van der Waals surface area contributed by atoms with Crippen LogP contribution in [0.3, 0.4) is 0 Å². The van der Waals surface area contributed by atoms with Gasteiger partial charge in [-0.3, -0.25) is 4.98 Å². The highest BCUT2D eigenvalue weighted by atomic mass is 14.7. The second-order valence-corrected chi connectivity index (χ2v) is 3.68. The Morgan fingerprint density at radius 1 is 1.00 bits per heavy atom. The Morgan fingerprint density at radius 3 is 2.87 bits per heavy atom. The topological polar surface area (TPSA) is 12.9 Å². The van der Waals surface area contributed by atoms with Crippen LogP contribution in [0, 0.1) is 0 Å². The molecule has 0 spiro atoms. The minimum atomic E-state index is 0.991. The minimum Gasteiger partial charge on any atom is -0.256 e. The molecular formula is C14H11N. The van der Waals surface area contributed by atoms with Crippen molar-refractivity contribution in [2.45, 2.75) is 6.42 Å². The highest BCUT2D eigenvalue weighted by molar-refractivity contribution is 5.92. The molecule has 0 amide bonds. The van der Waals surface area contributed by atoms with Crippen LogP contribution in [0.15, 0.2) is 42.6 Å². The molecule has 3 rings (SSSR count). The Kier molecular flexibility index (Phi) is 1.88. The number of hydrogen-bond donors (Lipinski definition) is 0. The van der Waals surface area contributed by atoms with Crippen LogP contribution in [-0.4, -0.2) is 4.98 Å². The molecule has 1 aromatic heterocycles. The van der Waals surface area contributed by atoms with Crippen molar-refractivity contribution >= 4 is 22.9 Å². The standard InChI is InChI=1S/C14H11N/c1-2-8-13-12-7-5-4-6-11(12)10-15-14(13)9-3-1/h2-10H,1H2. The normalized spacial score (nSPS) is 13.9. The Balaban J connectivity index is 2.42. The quantitative estimate of drug-likeness (QED) is 0.622. The molecule has 1 aliphatic rings. The molecule has 2 aromatic rings. The molecule has 1 aliphatic carbocycles. The minimum absolute atomic E-state index is 0.991. The fraction of sp³-hybridized carbons (Fsp3) is 0.0714. The lowest BCUT2D eigenvalue weighted by molar-refractivity contribution is 1.31. The van der Waals surface area contributed by atoms with E-state index in [-0.39, 0.29) is 0 Å². The molecule has 0 radical (unpaired) electrons. The van der Waals surface area contributed by atoms with E-state index in [1.807, 2.05) is 12.3 Å². The maximum atomic E-state index is 4.47. The summed E-state index contributed by atoms with van der Waals surface area (Å²) >= 11 is 0. The van der Waals surface area contributed by atoms with Gasteiger partial charge < -0.3 is 0 Å². The van der Waals surface area contributed by atoms with Gasteiger partial charge in [-0.15, -0.1) is 0 Å². The second kappa shape index (κ2) is 3.35.